The summed E-state index contributed by atoms with van der Waals surface area (Å²) in [6.45, 7) is 6.59. The van der Waals surface area contributed by atoms with Gasteiger partial charge in [0.2, 0.25) is 5.91 Å². The second kappa shape index (κ2) is 5.72. The van der Waals surface area contributed by atoms with E-state index in [9.17, 15) is 4.79 Å². The van der Waals surface area contributed by atoms with Gasteiger partial charge in [0.25, 0.3) is 0 Å². The third-order valence-electron chi connectivity index (χ3n) is 3.57. The van der Waals surface area contributed by atoms with Crippen LogP contribution in [0.25, 0.3) is 0 Å². The molecule has 19 heavy (non-hydrogen) atoms. The Morgan fingerprint density at radius 2 is 2.11 bits per heavy atom. The van der Waals surface area contributed by atoms with Gasteiger partial charge in [0.1, 0.15) is 0 Å². The molecule has 104 valence electrons. The van der Waals surface area contributed by atoms with Crippen LogP contribution in [0.15, 0.2) is 30.3 Å². The van der Waals surface area contributed by atoms with Crippen molar-refractivity contribution in [3.8, 4) is 0 Å². The topological polar surface area (TPSA) is 58.4 Å². The number of para-hydroxylation sites is 1. The van der Waals surface area contributed by atoms with E-state index >= 15 is 0 Å². The molecule has 1 fully saturated rings. The third-order valence-corrected chi connectivity index (χ3v) is 3.57. The highest BCUT2D eigenvalue weighted by atomic mass is 16.2. The van der Waals surface area contributed by atoms with Gasteiger partial charge in [-0.25, -0.2) is 0 Å². The molecular weight excluding hydrogens is 238 g/mol. The molecule has 4 heteroatoms. The number of nitrogens with one attached hydrogen (secondary N) is 1. The lowest BCUT2D eigenvalue weighted by Gasteiger charge is -2.29. The van der Waals surface area contributed by atoms with E-state index in [0.717, 1.165) is 31.7 Å². The fourth-order valence-corrected chi connectivity index (χ4v) is 2.46. The zero-order chi connectivity index (χ0) is 13.9. The summed E-state index contributed by atoms with van der Waals surface area (Å²) in [6, 6.07) is 9.84. The number of anilines is 1. The number of nitrogens with two attached hydrogens (primary N) is 1. The van der Waals surface area contributed by atoms with Crippen molar-refractivity contribution in [1.29, 1.82) is 0 Å². The Kier molecular flexibility index (Phi) is 4.22. The summed E-state index contributed by atoms with van der Waals surface area (Å²) in [5.74, 6) is 0.0548. The summed E-state index contributed by atoms with van der Waals surface area (Å²) in [4.78, 5) is 14.6. The smallest absolute Gasteiger partial charge is 0.231 e. The second-order valence-electron chi connectivity index (χ2n) is 5.99. The molecule has 1 amide bonds. The van der Waals surface area contributed by atoms with E-state index in [1.165, 1.54) is 0 Å². The average Bonchev–Trinajstić information content (AvgIpc) is 2.75. The lowest BCUT2D eigenvalue weighted by Crippen LogP contribution is -2.42. The van der Waals surface area contributed by atoms with E-state index < -0.39 is 5.41 Å². The molecule has 1 atom stereocenters. The maximum absolute atomic E-state index is 12.3. The summed E-state index contributed by atoms with van der Waals surface area (Å²) in [5.41, 5.74) is 6.33. The van der Waals surface area contributed by atoms with Gasteiger partial charge in [-0.3, -0.25) is 4.79 Å². The average molecular weight is 261 g/mol. The molecule has 1 heterocycles. The van der Waals surface area contributed by atoms with Crippen molar-refractivity contribution in [3.05, 3.63) is 30.3 Å². The van der Waals surface area contributed by atoms with E-state index in [-0.39, 0.29) is 11.9 Å². The van der Waals surface area contributed by atoms with Gasteiger partial charge < -0.3 is 16.0 Å². The second-order valence-corrected chi connectivity index (χ2v) is 5.99. The number of nitrogens with zero attached hydrogens (tertiary/aromatic N) is 1. The number of likely N-dealkylation sites (tertiary alicyclic amines) is 1. The largest absolute Gasteiger partial charge is 0.326 e. The van der Waals surface area contributed by atoms with Crippen LogP contribution in [0.4, 0.5) is 5.69 Å². The summed E-state index contributed by atoms with van der Waals surface area (Å²) in [7, 11) is 0. The number of carbonyl (C=O) groups is 1. The highest BCUT2D eigenvalue weighted by Gasteiger charge is 2.32. The standard InChI is InChI=1S/C15H23N3O/c1-15(2,11-18-9-8-12(16)10-18)14(19)17-13-6-4-3-5-7-13/h3-7,12H,8-11,16H2,1-2H3,(H,17,19)/t12-/m0/s1. The van der Waals surface area contributed by atoms with Gasteiger partial charge in [-0.1, -0.05) is 18.2 Å². The third kappa shape index (κ3) is 3.78. The first-order valence-electron chi connectivity index (χ1n) is 6.82. The van der Waals surface area contributed by atoms with E-state index in [2.05, 4.69) is 10.2 Å². The molecule has 4 nitrogen and oxygen atoms in total. The zero-order valence-electron chi connectivity index (χ0n) is 11.7. The predicted octanol–water partition coefficient (Wildman–Crippen LogP) is 1.68. The van der Waals surface area contributed by atoms with Crippen molar-refractivity contribution < 1.29 is 4.79 Å². The summed E-state index contributed by atoms with van der Waals surface area (Å²) >= 11 is 0. The first-order valence-corrected chi connectivity index (χ1v) is 6.82. The van der Waals surface area contributed by atoms with Crippen molar-refractivity contribution in [3.63, 3.8) is 0 Å². The lowest BCUT2D eigenvalue weighted by atomic mass is 9.91. The van der Waals surface area contributed by atoms with Gasteiger partial charge in [-0.15, -0.1) is 0 Å². The molecule has 0 aromatic heterocycles. The maximum atomic E-state index is 12.3. The van der Waals surface area contributed by atoms with Crippen molar-refractivity contribution in [2.75, 3.05) is 25.0 Å². The van der Waals surface area contributed by atoms with Crippen LogP contribution in [0.3, 0.4) is 0 Å². The molecule has 0 aliphatic carbocycles. The van der Waals surface area contributed by atoms with Crippen molar-refractivity contribution in [1.82, 2.24) is 4.90 Å². The molecule has 0 radical (unpaired) electrons. The summed E-state index contributed by atoms with van der Waals surface area (Å²) in [6.07, 6.45) is 1.02. The van der Waals surface area contributed by atoms with Gasteiger partial charge in [-0.2, -0.15) is 0 Å². The fourth-order valence-electron chi connectivity index (χ4n) is 2.46. The van der Waals surface area contributed by atoms with Crippen LogP contribution in [0.5, 0.6) is 0 Å². The number of carbonyl (C=O) groups excluding carboxylic acids is 1. The molecule has 0 unspecified atom stereocenters. The van der Waals surface area contributed by atoms with Crippen LogP contribution < -0.4 is 11.1 Å². The molecule has 0 bridgehead atoms. The molecule has 2 rings (SSSR count). The van der Waals surface area contributed by atoms with E-state index in [1.807, 2.05) is 44.2 Å². The number of hydrogen-bond donors (Lipinski definition) is 2. The molecular formula is C15H23N3O. The Morgan fingerprint density at radius 1 is 1.42 bits per heavy atom. The van der Waals surface area contributed by atoms with E-state index in [0.29, 0.717) is 0 Å². The first-order chi connectivity index (χ1) is 8.97. The lowest BCUT2D eigenvalue weighted by molar-refractivity contribution is -0.124. The Balaban J connectivity index is 1.93. The van der Waals surface area contributed by atoms with Crippen LogP contribution in [0.2, 0.25) is 0 Å². The van der Waals surface area contributed by atoms with Crippen LogP contribution >= 0.6 is 0 Å². The van der Waals surface area contributed by atoms with Gasteiger partial charge in [0, 0.05) is 24.8 Å². The SMILES string of the molecule is CC(C)(CN1CC[C@H](N)C1)C(=O)Nc1ccccc1. The maximum Gasteiger partial charge on any atom is 0.231 e. The molecule has 0 spiro atoms. The number of hydrogen-bond acceptors (Lipinski definition) is 3. The molecule has 1 saturated heterocycles. The number of amides is 1. The molecule has 1 aliphatic heterocycles. The molecule has 3 N–H and O–H groups in total. The normalized spacial score (nSPS) is 20.5. The Bertz CT molecular complexity index is 430. The quantitative estimate of drug-likeness (QED) is 0.867. The molecule has 1 aromatic carbocycles. The molecule has 1 aromatic rings. The number of benzene rings is 1. The minimum Gasteiger partial charge on any atom is -0.326 e. The fraction of sp³-hybridized carbons (Fsp3) is 0.533. The van der Waals surface area contributed by atoms with Crippen molar-refractivity contribution in [2.24, 2.45) is 11.1 Å². The van der Waals surface area contributed by atoms with E-state index in [1.54, 1.807) is 0 Å². The van der Waals surface area contributed by atoms with Gasteiger partial charge in [0.15, 0.2) is 0 Å². The highest BCUT2D eigenvalue weighted by molar-refractivity contribution is 5.94. The van der Waals surface area contributed by atoms with E-state index in [4.69, 9.17) is 5.73 Å². The van der Waals surface area contributed by atoms with Crippen molar-refractivity contribution in [2.45, 2.75) is 26.3 Å². The number of rotatable bonds is 4. The monoisotopic (exact) mass is 261 g/mol. The summed E-state index contributed by atoms with van der Waals surface area (Å²) in [5, 5.41) is 2.97. The van der Waals surface area contributed by atoms with Gasteiger partial charge in [0.05, 0.1) is 5.41 Å². The van der Waals surface area contributed by atoms with Crippen LogP contribution in [0, 0.1) is 5.41 Å². The van der Waals surface area contributed by atoms with Gasteiger partial charge in [-0.05, 0) is 38.9 Å². The van der Waals surface area contributed by atoms with Crippen molar-refractivity contribution >= 4 is 11.6 Å². The Labute approximate surface area is 115 Å². The van der Waals surface area contributed by atoms with Crippen LogP contribution in [-0.2, 0) is 4.79 Å². The molecule has 0 saturated carbocycles. The molecule has 1 aliphatic rings. The minimum absolute atomic E-state index is 0.0548. The predicted molar refractivity (Wildman–Crippen MR) is 77.9 cm³/mol. The Hall–Kier alpha value is -1.39. The Morgan fingerprint density at radius 3 is 2.68 bits per heavy atom. The zero-order valence-corrected chi connectivity index (χ0v) is 11.7. The summed E-state index contributed by atoms with van der Waals surface area (Å²) < 4.78 is 0. The van der Waals surface area contributed by atoms with Gasteiger partial charge >= 0.3 is 0 Å². The minimum atomic E-state index is -0.417. The van der Waals surface area contributed by atoms with Crippen LogP contribution in [0.1, 0.15) is 20.3 Å². The first kappa shape index (κ1) is 14.0. The van der Waals surface area contributed by atoms with Crippen LogP contribution in [-0.4, -0.2) is 36.5 Å². The highest BCUT2D eigenvalue weighted by Crippen LogP contribution is 2.22.